The second-order valence-corrected chi connectivity index (χ2v) is 9.74. The molecular formula is C24H30Cl2N2O2S. The summed E-state index contributed by atoms with van der Waals surface area (Å²) in [5.74, 6) is 0.767. The molecule has 2 amide bonds. The number of halogens is 2. The van der Waals surface area contributed by atoms with Gasteiger partial charge in [-0.05, 0) is 48.2 Å². The van der Waals surface area contributed by atoms with E-state index in [2.05, 4.69) is 5.32 Å². The molecule has 0 aliphatic rings. The molecule has 7 heteroatoms. The second-order valence-electron chi connectivity index (χ2n) is 7.73. The monoisotopic (exact) mass is 480 g/mol. The first-order valence-corrected chi connectivity index (χ1v) is 12.2. The molecule has 2 aromatic carbocycles. The van der Waals surface area contributed by atoms with Crippen LogP contribution in [0, 0.1) is 5.92 Å². The zero-order valence-electron chi connectivity index (χ0n) is 18.2. The van der Waals surface area contributed by atoms with Crippen molar-refractivity contribution >= 4 is 46.8 Å². The van der Waals surface area contributed by atoms with Gasteiger partial charge in [-0.2, -0.15) is 0 Å². The first-order valence-electron chi connectivity index (χ1n) is 10.5. The molecule has 1 N–H and O–H groups in total. The summed E-state index contributed by atoms with van der Waals surface area (Å²) in [6.45, 7) is 6.90. The lowest BCUT2D eigenvalue weighted by Gasteiger charge is -2.31. The van der Waals surface area contributed by atoms with Crippen molar-refractivity contribution in [3.05, 3.63) is 64.1 Å². The average Bonchev–Trinajstić information content (AvgIpc) is 2.74. The summed E-state index contributed by atoms with van der Waals surface area (Å²) < 4.78 is 0. The van der Waals surface area contributed by atoms with Crippen LogP contribution in [0.5, 0.6) is 0 Å². The highest BCUT2D eigenvalue weighted by Crippen LogP contribution is 2.23. The fraction of sp³-hybridized carbons (Fsp3) is 0.417. The van der Waals surface area contributed by atoms with Gasteiger partial charge in [-0.15, -0.1) is 11.8 Å². The van der Waals surface area contributed by atoms with E-state index < -0.39 is 6.04 Å². The third-order valence-electron chi connectivity index (χ3n) is 4.77. The lowest BCUT2D eigenvalue weighted by Crippen LogP contribution is -2.49. The Labute approximate surface area is 199 Å². The number of carbonyl (C=O) groups excluding carboxylic acids is 2. The van der Waals surface area contributed by atoms with E-state index in [1.165, 1.54) is 0 Å². The van der Waals surface area contributed by atoms with Gasteiger partial charge in [0.1, 0.15) is 6.04 Å². The van der Waals surface area contributed by atoms with Crippen LogP contribution in [0.15, 0.2) is 53.4 Å². The molecule has 0 saturated heterocycles. The average molecular weight is 481 g/mol. The minimum atomic E-state index is -0.539. The molecule has 0 fully saturated rings. The predicted molar refractivity (Wildman–Crippen MR) is 131 cm³/mol. The molecule has 2 rings (SSSR count). The van der Waals surface area contributed by atoms with Crippen LogP contribution in [-0.2, 0) is 16.1 Å². The van der Waals surface area contributed by atoms with Crippen molar-refractivity contribution < 1.29 is 9.59 Å². The fourth-order valence-corrected chi connectivity index (χ4v) is 4.25. The number of thioether (sulfide) groups is 1. The smallest absolute Gasteiger partial charge is 0.242 e. The molecule has 0 spiro atoms. The topological polar surface area (TPSA) is 49.4 Å². The van der Waals surface area contributed by atoms with E-state index in [4.69, 9.17) is 23.2 Å². The van der Waals surface area contributed by atoms with Crippen LogP contribution in [0.2, 0.25) is 10.0 Å². The van der Waals surface area contributed by atoms with Crippen LogP contribution in [0.3, 0.4) is 0 Å². The number of hydrogen-bond acceptors (Lipinski definition) is 3. The van der Waals surface area contributed by atoms with Gasteiger partial charge in [0.05, 0.1) is 0 Å². The Morgan fingerprint density at radius 3 is 2.35 bits per heavy atom. The zero-order valence-corrected chi connectivity index (χ0v) is 20.6. The lowest BCUT2D eigenvalue weighted by molar-refractivity contribution is -0.141. The van der Waals surface area contributed by atoms with Gasteiger partial charge < -0.3 is 10.2 Å². The van der Waals surface area contributed by atoms with Gasteiger partial charge in [0.2, 0.25) is 11.8 Å². The molecule has 31 heavy (non-hydrogen) atoms. The van der Waals surface area contributed by atoms with E-state index in [1.807, 2.05) is 63.2 Å². The molecule has 0 aromatic heterocycles. The van der Waals surface area contributed by atoms with E-state index in [1.54, 1.807) is 22.7 Å². The van der Waals surface area contributed by atoms with E-state index >= 15 is 0 Å². The third-order valence-corrected chi connectivity index (χ3v) is 6.40. The molecule has 0 saturated carbocycles. The van der Waals surface area contributed by atoms with Crippen LogP contribution in [0.25, 0.3) is 0 Å². The van der Waals surface area contributed by atoms with Crippen LogP contribution in [-0.4, -0.2) is 35.1 Å². The van der Waals surface area contributed by atoms with E-state index in [0.717, 1.165) is 10.5 Å². The zero-order chi connectivity index (χ0) is 22.8. The van der Waals surface area contributed by atoms with Crippen molar-refractivity contribution in [1.29, 1.82) is 0 Å². The molecule has 0 radical (unpaired) electrons. The number of hydrogen-bond donors (Lipinski definition) is 1. The van der Waals surface area contributed by atoms with Crippen LogP contribution in [0.1, 0.15) is 39.2 Å². The van der Waals surface area contributed by atoms with Gasteiger partial charge in [-0.25, -0.2) is 0 Å². The molecule has 0 bridgehead atoms. The summed E-state index contributed by atoms with van der Waals surface area (Å²) in [5.41, 5.74) is 0.831. The van der Waals surface area contributed by atoms with E-state index in [0.29, 0.717) is 47.6 Å². The van der Waals surface area contributed by atoms with Crippen LogP contribution < -0.4 is 5.32 Å². The van der Waals surface area contributed by atoms with Gasteiger partial charge in [0.15, 0.2) is 0 Å². The highest BCUT2D eigenvalue weighted by Gasteiger charge is 2.28. The van der Waals surface area contributed by atoms with Gasteiger partial charge in [-0.1, -0.05) is 62.2 Å². The summed E-state index contributed by atoms with van der Waals surface area (Å²) in [7, 11) is 0. The Balaban J connectivity index is 2.12. The molecule has 4 nitrogen and oxygen atoms in total. The fourth-order valence-electron chi connectivity index (χ4n) is 3.08. The Morgan fingerprint density at radius 1 is 1.06 bits per heavy atom. The maximum atomic E-state index is 13.2. The summed E-state index contributed by atoms with van der Waals surface area (Å²) in [4.78, 5) is 28.8. The van der Waals surface area contributed by atoms with E-state index in [9.17, 15) is 9.59 Å². The lowest BCUT2D eigenvalue weighted by atomic mass is 10.1. The molecule has 0 heterocycles. The predicted octanol–water partition coefficient (Wildman–Crippen LogP) is 6.06. The maximum absolute atomic E-state index is 13.2. The highest BCUT2D eigenvalue weighted by molar-refractivity contribution is 7.99. The third kappa shape index (κ3) is 8.40. The SMILES string of the molecule is CC[C@@H](C(=O)NCC(C)C)N(Cc1ccccc1Cl)C(=O)CCSc1ccc(Cl)cc1. The number of nitrogens with zero attached hydrogens (tertiary/aromatic N) is 1. The molecular weight excluding hydrogens is 451 g/mol. The first kappa shape index (κ1) is 25.6. The summed E-state index contributed by atoms with van der Waals surface area (Å²) in [6.07, 6.45) is 0.857. The number of nitrogens with one attached hydrogen (secondary N) is 1. The number of amides is 2. The summed E-state index contributed by atoms with van der Waals surface area (Å²) in [5, 5.41) is 4.25. The number of carbonyl (C=O) groups is 2. The summed E-state index contributed by atoms with van der Waals surface area (Å²) >= 11 is 13.9. The standard InChI is InChI=1S/C24H30Cl2N2O2S/c1-4-22(24(30)27-15-17(2)3)28(16-18-7-5-6-8-21(18)26)23(29)13-14-31-20-11-9-19(25)10-12-20/h5-12,17,22H,4,13-16H2,1-3H3,(H,27,30)/t22-/m0/s1. The minimum absolute atomic E-state index is 0.0621. The van der Waals surface area contributed by atoms with Crippen molar-refractivity contribution in [2.24, 2.45) is 5.92 Å². The molecule has 168 valence electrons. The molecule has 0 unspecified atom stereocenters. The molecule has 0 aliphatic carbocycles. The largest absolute Gasteiger partial charge is 0.354 e. The highest BCUT2D eigenvalue weighted by atomic mass is 35.5. The maximum Gasteiger partial charge on any atom is 0.242 e. The van der Waals surface area contributed by atoms with Gasteiger partial charge >= 0.3 is 0 Å². The van der Waals surface area contributed by atoms with E-state index in [-0.39, 0.29) is 11.8 Å². The number of benzene rings is 2. The van der Waals surface area contributed by atoms with Crippen molar-refractivity contribution in [2.45, 2.75) is 51.1 Å². The van der Waals surface area contributed by atoms with Crippen molar-refractivity contribution in [3.63, 3.8) is 0 Å². The quantitative estimate of drug-likeness (QED) is 0.397. The van der Waals surface area contributed by atoms with Gasteiger partial charge in [0.25, 0.3) is 0 Å². The normalized spacial score (nSPS) is 11.9. The van der Waals surface area contributed by atoms with Gasteiger partial charge in [-0.3, -0.25) is 9.59 Å². The molecule has 1 atom stereocenters. The first-order chi connectivity index (χ1) is 14.8. The van der Waals surface area contributed by atoms with Crippen molar-refractivity contribution in [2.75, 3.05) is 12.3 Å². The molecule has 2 aromatic rings. The Hall–Kier alpha value is -1.69. The van der Waals surface area contributed by atoms with Crippen molar-refractivity contribution in [1.82, 2.24) is 10.2 Å². The van der Waals surface area contributed by atoms with Gasteiger partial charge in [0, 0.05) is 40.2 Å². The second kappa shape index (κ2) is 13.0. The van der Waals surface area contributed by atoms with Crippen molar-refractivity contribution in [3.8, 4) is 0 Å². The molecule has 0 aliphatic heterocycles. The van der Waals surface area contributed by atoms with Crippen LogP contribution >= 0.6 is 35.0 Å². The number of rotatable bonds is 11. The summed E-state index contributed by atoms with van der Waals surface area (Å²) in [6, 6.07) is 14.4. The minimum Gasteiger partial charge on any atom is -0.354 e. The Morgan fingerprint density at radius 2 is 1.74 bits per heavy atom. The Kier molecular flexibility index (Phi) is 10.7. The van der Waals surface area contributed by atoms with Crippen LogP contribution in [0.4, 0.5) is 0 Å². The Bertz CT molecular complexity index is 859.